The van der Waals surface area contributed by atoms with Crippen LogP contribution < -0.4 is 0 Å². The molecule has 0 aliphatic rings. The van der Waals surface area contributed by atoms with Gasteiger partial charge in [0.25, 0.3) is 0 Å². The summed E-state index contributed by atoms with van der Waals surface area (Å²) in [6.45, 7) is 0. The molecular formula is O2SrY+. The van der Waals surface area contributed by atoms with E-state index in [1.807, 2.05) is 0 Å². The second-order valence-electron chi connectivity index (χ2n) is 0. The van der Waals surface area contributed by atoms with E-state index in [0.717, 1.165) is 0 Å². The molecule has 0 N–H and O–H groups in total. The van der Waals surface area contributed by atoms with Crippen LogP contribution in [0.2, 0.25) is 0 Å². The normalized spacial score (nSPS) is 0. The summed E-state index contributed by atoms with van der Waals surface area (Å²) in [5, 5.41) is 0. The van der Waals surface area contributed by atoms with Crippen molar-refractivity contribution in [2.24, 2.45) is 0 Å². The molecule has 0 fully saturated rings. The Balaban J connectivity index is 0. The zero-order valence-electron chi connectivity index (χ0n) is 2.10. The van der Waals surface area contributed by atoms with E-state index in [1.54, 1.807) is 0 Å². The van der Waals surface area contributed by atoms with E-state index < -0.39 is 0 Å². The van der Waals surface area contributed by atoms with Crippen LogP contribution in [0, 0.1) is 0 Å². The standard InChI is InChI=1S/2O.Sr.Y/q2*-2;+2;+3. The molecule has 0 aromatic rings. The number of hydrogen-bond acceptors (Lipinski definition) is 0. The van der Waals surface area contributed by atoms with Crippen molar-refractivity contribution in [2.75, 3.05) is 0 Å². The average Bonchev–Trinajstić information content (AvgIpc) is 0. The van der Waals surface area contributed by atoms with Crippen LogP contribution in [-0.4, -0.2) is 45.5 Å². The van der Waals surface area contributed by atoms with Gasteiger partial charge in [-0.05, 0) is 0 Å². The zero-order chi connectivity index (χ0) is 0. The average molecular weight is 209 g/mol. The molecule has 0 aliphatic carbocycles. The van der Waals surface area contributed by atoms with E-state index in [0.29, 0.717) is 0 Å². The van der Waals surface area contributed by atoms with E-state index in [2.05, 4.69) is 0 Å². The molecule has 4 heavy (non-hydrogen) atoms. The molecule has 0 aromatic heterocycles. The van der Waals surface area contributed by atoms with Crippen LogP contribution >= 0.6 is 0 Å². The fourth-order valence-corrected chi connectivity index (χ4v) is 0. The predicted octanol–water partition coefficient (Wildman–Crippen LogP) is -0.621. The number of hydrogen-bond donors (Lipinski definition) is 0. The largest absolute Gasteiger partial charge is 3.00 e. The third-order valence-electron chi connectivity index (χ3n) is 0. The molecule has 0 unspecified atom stereocenters. The van der Waals surface area contributed by atoms with Crippen LogP contribution in [0.1, 0.15) is 0 Å². The van der Waals surface area contributed by atoms with E-state index in [-0.39, 0.29) is 89.1 Å². The molecule has 0 saturated carbocycles. The summed E-state index contributed by atoms with van der Waals surface area (Å²) in [5.41, 5.74) is 0. The third-order valence-corrected chi connectivity index (χ3v) is 0. The van der Waals surface area contributed by atoms with Crippen LogP contribution in [0.15, 0.2) is 0 Å². The van der Waals surface area contributed by atoms with E-state index in [4.69, 9.17) is 0 Å². The van der Waals surface area contributed by atoms with Crippen LogP contribution in [0.4, 0.5) is 0 Å². The molecule has 0 radical (unpaired) electrons. The Kier molecular flexibility index (Phi) is 140. The van der Waals surface area contributed by atoms with Crippen molar-refractivity contribution >= 4 is 45.5 Å². The van der Waals surface area contributed by atoms with Crippen molar-refractivity contribution in [1.82, 2.24) is 0 Å². The Morgan fingerprint density at radius 2 is 0.750 bits per heavy atom. The molecule has 4 heteroatoms. The first-order valence-corrected chi connectivity index (χ1v) is 0. The van der Waals surface area contributed by atoms with Gasteiger partial charge in [0.2, 0.25) is 0 Å². The van der Waals surface area contributed by atoms with Crippen molar-refractivity contribution in [3.05, 3.63) is 0 Å². The van der Waals surface area contributed by atoms with Crippen LogP contribution in [0.3, 0.4) is 0 Å². The topological polar surface area (TPSA) is 57.0 Å². The fourth-order valence-electron chi connectivity index (χ4n) is 0. The summed E-state index contributed by atoms with van der Waals surface area (Å²) >= 11 is 0. The molecular weight excluding hydrogens is 209 g/mol. The van der Waals surface area contributed by atoms with E-state index >= 15 is 0 Å². The monoisotopic (exact) mass is 209 g/mol. The smallest absolute Gasteiger partial charge is 2.00 e. The second-order valence-corrected chi connectivity index (χ2v) is 0. The summed E-state index contributed by atoms with van der Waals surface area (Å²) in [6, 6.07) is 0. The molecule has 0 aromatic carbocycles. The molecule has 2 nitrogen and oxygen atoms in total. The quantitative estimate of drug-likeness (QED) is 0.477. The van der Waals surface area contributed by atoms with Gasteiger partial charge in [-0.2, -0.15) is 0 Å². The van der Waals surface area contributed by atoms with Gasteiger partial charge in [0.1, 0.15) is 0 Å². The van der Waals surface area contributed by atoms with Gasteiger partial charge in [-0.25, -0.2) is 0 Å². The van der Waals surface area contributed by atoms with Crippen molar-refractivity contribution in [3.63, 3.8) is 0 Å². The second kappa shape index (κ2) is 17.8. The fraction of sp³-hybridized carbons (Fsp3) is 0. The van der Waals surface area contributed by atoms with Crippen molar-refractivity contribution in [1.29, 1.82) is 0 Å². The van der Waals surface area contributed by atoms with Crippen LogP contribution in [0.5, 0.6) is 0 Å². The first kappa shape index (κ1) is 31.4. The van der Waals surface area contributed by atoms with Gasteiger partial charge in [0, 0.05) is 0 Å². The molecule has 0 amide bonds. The first-order chi connectivity index (χ1) is 0. The minimum absolute atomic E-state index is 0. The maximum Gasteiger partial charge on any atom is 3.00 e. The van der Waals surface area contributed by atoms with Gasteiger partial charge in [-0.3, -0.25) is 0 Å². The Morgan fingerprint density at radius 3 is 0.750 bits per heavy atom. The molecule has 0 heterocycles. The maximum atomic E-state index is 0. The summed E-state index contributed by atoms with van der Waals surface area (Å²) in [4.78, 5) is 0. The van der Waals surface area contributed by atoms with Crippen molar-refractivity contribution in [3.8, 4) is 0 Å². The Hall–Kier alpha value is 2.50. The minimum atomic E-state index is 0. The number of rotatable bonds is 0. The zero-order valence-corrected chi connectivity index (χ0v) is 8.42. The Labute approximate surface area is 87.1 Å². The summed E-state index contributed by atoms with van der Waals surface area (Å²) in [5.74, 6) is 0. The van der Waals surface area contributed by atoms with Crippen LogP contribution in [-0.2, 0) is 43.7 Å². The SMILES string of the molecule is [O-2].[O-2].[Sr+2].[Y+3]. The van der Waals surface area contributed by atoms with E-state index in [9.17, 15) is 0 Å². The molecule has 16 valence electrons. The maximum absolute atomic E-state index is 0. The molecule has 0 saturated heterocycles. The molecule has 0 bridgehead atoms. The summed E-state index contributed by atoms with van der Waals surface area (Å²) < 4.78 is 0. The summed E-state index contributed by atoms with van der Waals surface area (Å²) in [7, 11) is 0. The van der Waals surface area contributed by atoms with Gasteiger partial charge >= 0.3 is 78.2 Å². The Bertz CT molecular complexity index is 6.00. The minimum Gasteiger partial charge on any atom is -2.00 e. The van der Waals surface area contributed by atoms with Gasteiger partial charge in [0.05, 0.1) is 0 Å². The van der Waals surface area contributed by atoms with Gasteiger partial charge in [0.15, 0.2) is 0 Å². The van der Waals surface area contributed by atoms with E-state index in [1.165, 1.54) is 0 Å². The van der Waals surface area contributed by atoms with Crippen LogP contribution in [0.25, 0.3) is 0 Å². The molecule has 0 atom stereocenters. The molecule has 0 spiro atoms. The van der Waals surface area contributed by atoms with Crippen molar-refractivity contribution < 1.29 is 43.7 Å². The molecule has 0 aliphatic heterocycles. The Morgan fingerprint density at radius 1 is 0.750 bits per heavy atom. The van der Waals surface area contributed by atoms with Gasteiger partial charge in [-0.15, -0.1) is 0 Å². The predicted molar refractivity (Wildman–Crippen MR) is 7.13 cm³/mol. The van der Waals surface area contributed by atoms with Gasteiger partial charge in [-0.1, -0.05) is 0 Å². The first-order valence-electron chi connectivity index (χ1n) is 0. The van der Waals surface area contributed by atoms with Crippen molar-refractivity contribution in [2.45, 2.75) is 0 Å². The molecule has 0 rings (SSSR count). The summed E-state index contributed by atoms with van der Waals surface area (Å²) in [6.07, 6.45) is 0. The third kappa shape index (κ3) is 8.82. The van der Waals surface area contributed by atoms with Gasteiger partial charge < -0.3 is 11.0 Å².